The number of aryl methyl sites for hydroxylation is 1. The van der Waals surface area contributed by atoms with E-state index in [-0.39, 0.29) is 11.8 Å². The Morgan fingerprint density at radius 2 is 2.26 bits per heavy atom. The Hall–Kier alpha value is -2.26. The van der Waals surface area contributed by atoms with Crippen molar-refractivity contribution in [3.63, 3.8) is 0 Å². The Bertz CT molecular complexity index is 724. The van der Waals surface area contributed by atoms with Gasteiger partial charge in [-0.25, -0.2) is 4.98 Å². The molecule has 0 atom stereocenters. The fraction of sp³-hybridized carbons (Fsp3) is 0.429. The van der Waals surface area contributed by atoms with Gasteiger partial charge in [0, 0.05) is 45.2 Å². The molecule has 0 aromatic carbocycles. The molecular formula is C14H18N6O2S. The molecule has 2 aromatic heterocycles. The van der Waals surface area contributed by atoms with Crippen LogP contribution in [0.1, 0.15) is 12.6 Å². The summed E-state index contributed by atoms with van der Waals surface area (Å²) in [6, 6.07) is 0. The number of hydrogen-bond donors (Lipinski definition) is 1. The van der Waals surface area contributed by atoms with Crippen LogP contribution in [0, 0.1) is 0 Å². The number of thiazole rings is 1. The first-order valence-electron chi connectivity index (χ1n) is 7.24. The molecule has 0 spiro atoms. The molecule has 1 fully saturated rings. The van der Waals surface area contributed by atoms with Crippen molar-refractivity contribution in [2.75, 3.05) is 29.9 Å². The van der Waals surface area contributed by atoms with Crippen molar-refractivity contribution in [2.45, 2.75) is 13.5 Å². The standard InChI is InChI=1S/C14H18N6O2S/c1-10(21)16-14-17-11(9-23-14)6-19-3-4-20(13(22)8-19)12-5-15-18(2)7-12/h5,7,9H,3-4,6,8H2,1-2H3,(H,16,17,21). The van der Waals surface area contributed by atoms with E-state index >= 15 is 0 Å². The van der Waals surface area contributed by atoms with Crippen molar-refractivity contribution in [3.8, 4) is 0 Å². The average molecular weight is 334 g/mol. The summed E-state index contributed by atoms with van der Waals surface area (Å²) >= 11 is 1.39. The van der Waals surface area contributed by atoms with E-state index in [2.05, 4.69) is 20.3 Å². The van der Waals surface area contributed by atoms with E-state index in [0.717, 1.165) is 17.9 Å². The second-order valence-corrected chi connectivity index (χ2v) is 6.31. The topological polar surface area (TPSA) is 83.4 Å². The maximum absolute atomic E-state index is 12.3. The molecule has 3 rings (SSSR count). The number of nitrogens with zero attached hydrogens (tertiary/aromatic N) is 5. The summed E-state index contributed by atoms with van der Waals surface area (Å²) in [6.07, 6.45) is 3.54. The molecule has 1 aliphatic heterocycles. The maximum Gasteiger partial charge on any atom is 0.241 e. The zero-order valence-corrected chi connectivity index (χ0v) is 13.8. The van der Waals surface area contributed by atoms with E-state index in [1.807, 2.05) is 18.6 Å². The van der Waals surface area contributed by atoms with Crippen LogP contribution in [-0.4, -0.2) is 51.1 Å². The van der Waals surface area contributed by atoms with Crippen LogP contribution in [0.25, 0.3) is 0 Å². The predicted molar refractivity (Wildman–Crippen MR) is 87.3 cm³/mol. The SMILES string of the molecule is CC(=O)Nc1nc(CN2CCN(c3cnn(C)c3)C(=O)C2)cs1. The van der Waals surface area contributed by atoms with Gasteiger partial charge in [-0.3, -0.25) is 19.2 Å². The monoisotopic (exact) mass is 334 g/mol. The van der Waals surface area contributed by atoms with Crippen LogP contribution >= 0.6 is 11.3 Å². The fourth-order valence-corrected chi connectivity index (χ4v) is 3.24. The van der Waals surface area contributed by atoms with Crippen LogP contribution in [-0.2, 0) is 23.2 Å². The lowest BCUT2D eigenvalue weighted by atomic mass is 10.2. The zero-order chi connectivity index (χ0) is 16.4. The largest absolute Gasteiger partial charge is 0.307 e. The molecule has 2 amide bonds. The van der Waals surface area contributed by atoms with E-state index in [0.29, 0.717) is 24.8 Å². The molecule has 23 heavy (non-hydrogen) atoms. The van der Waals surface area contributed by atoms with Crippen molar-refractivity contribution >= 4 is 34.0 Å². The molecule has 9 heteroatoms. The number of piperazine rings is 1. The van der Waals surface area contributed by atoms with Crippen molar-refractivity contribution in [2.24, 2.45) is 7.05 Å². The molecule has 8 nitrogen and oxygen atoms in total. The van der Waals surface area contributed by atoms with Crippen LogP contribution in [0.2, 0.25) is 0 Å². The predicted octanol–water partition coefficient (Wildman–Crippen LogP) is 0.684. The first kappa shape index (κ1) is 15.6. The molecule has 2 aromatic rings. The highest BCUT2D eigenvalue weighted by Crippen LogP contribution is 2.19. The third kappa shape index (κ3) is 3.74. The van der Waals surface area contributed by atoms with Crippen molar-refractivity contribution < 1.29 is 9.59 Å². The van der Waals surface area contributed by atoms with Crippen molar-refractivity contribution in [3.05, 3.63) is 23.5 Å². The Morgan fingerprint density at radius 3 is 2.91 bits per heavy atom. The average Bonchev–Trinajstić information content (AvgIpc) is 3.08. The van der Waals surface area contributed by atoms with Crippen molar-refractivity contribution in [1.82, 2.24) is 19.7 Å². The number of carbonyl (C=O) groups is 2. The molecule has 0 radical (unpaired) electrons. The van der Waals surface area contributed by atoms with Gasteiger partial charge in [-0.1, -0.05) is 0 Å². The van der Waals surface area contributed by atoms with Crippen LogP contribution in [0.15, 0.2) is 17.8 Å². The van der Waals surface area contributed by atoms with Gasteiger partial charge >= 0.3 is 0 Å². The number of aromatic nitrogens is 3. The summed E-state index contributed by atoms with van der Waals surface area (Å²) in [4.78, 5) is 31.5. The minimum atomic E-state index is -0.133. The summed E-state index contributed by atoms with van der Waals surface area (Å²) in [5.41, 5.74) is 1.69. The minimum Gasteiger partial charge on any atom is -0.307 e. The maximum atomic E-state index is 12.3. The van der Waals surface area contributed by atoms with Gasteiger partial charge in [0.05, 0.1) is 24.1 Å². The number of anilines is 2. The van der Waals surface area contributed by atoms with Gasteiger partial charge in [0.1, 0.15) is 0 Å². The van der Waals surface area contributed by atoms with Crippen LogP contribution < -0.4 is 10.2 Å². The third-order valence-corrected chi connectivity index (χ3v) is 4.33. The highest BCUT2D eigenvalue weighted by atomic mass is 32.1. The van der Waals surface area contributed by atoms with E-state index in [9.17, 15) is 9.59 Å². The highest BCUT2D eigenvalue weighted by Gasteiger charge is 2.26. The van der Waals surface area contributed by atoms with Gasteiger partial charge in [-0.05, 0) is 0 Å². The Kier molecular flexibility index (Phi) is 4.39. The smallest absolute Gasteiger partial charge is 0.241 e. The van der Waals surface area contributed by atoms with Crippen LogP contribution in [0.3, 0.4) is 0 Å². The minimum absolute atomic E-state index is 0.0570. The number of carbonyl (C=O) groups excluding carboxylic acids is 2. The Morgan fingerprint density at radius 1 is 1.43 bits per heavy atom. The summed E-state index contributed by atoms with van der Waals surface area (Å²) in [5, 5.41) is 9.27. The van der Waals surface area contributed by atoms with Gasteiger partial charge in [-0.15, -0.1) is 11.3 Å². The number of rotatable bonds is 4. The zero-order valence-electron chi connectivity index (χ0n) is 13.0. The second kappa shape index (κ2) is 6.47. The molecule has 0 aliphatic carbocycles. The molecule has 1 N–H and O–H groups in total. The van der Waals surface area contributed by atoms with Gasteiger partial charge in [0.2, 0.25) is 11.8 Å². The molecule has 0 bridgehead atoms. The number of nitrogens with one attached hydrogen (secondary N) is 1. The number of hydrogen-bond acceptors (Lipinski definition) is 6. The molecule has 1 aliphatic rings. The van der Waals surface area contributed by atoms with Crippen LogP contribution in [0.4, 0.5) is 10.8 Å². The van der Waals surface area contributed by atoms with Gasteiger partial charge in [0.25, 0.3) is 0 Å². The first-order chi connectivity index (χ1) is 11.0. The molecule has 122 valence electrons. The van der Waals surface area contributed by atoms with E-state index in [1.54, 1.807) is 15.8 Å². The number of amides is 2. The quantitative estimate of drug-likeness (QED) is 0.889. The van der Waals surface area contributed by atoms with Crippen molar-refractivity contribution in [1.29, 1.82) is 0 Å². The van der Waals surface area contributed by atoms with Gasteiger partial charge < -0.3 is 10.2 Å². The normalized spacial score (nSPS) is 15.9. The second-order valence-electron chi connectivity index (χ2n) is 5.45. The lowest BCUT2D eigenvalue weighted by Gasteiger charge is -2.33. The molecule has 0 saturated carbocycles. The summed E-state index contributed by atoms with van der Waals surface area (Å²) in [7, 11) is 1.83. The lowest BCUT2D eigenvalue weighted by Crippen LogP contribution is -2.50. The lowest BCUT2D eigenvalue weighted by molar-refractivity contribution is -0.121. The van der Waals surface area contributed by atoms with E-state index in [4.69, 9.17) is 0 Å². The first-order valence-corrected chi connectivity index (χ1v) is 8.12. The third-order valence-electron chi connectivity index (χ3n) is 3.52. The summed E-state index contributed by atoms with van der Waals surface area (Å²) in [5.74, 6) is -0.0762. The van der Waals surface area contributed by atoms with E-state index < -0.39 is 0 Å². The molecular weight excluding hydrogens is 316 g/mol. The van der Waals surface area contributed by atoms with Crippen LogP contribution in [0.5, 0.6) is 0 Å². The van der Waals surface area contributed by atoms with Gasteiger partial charge in [0.15, 0.2) is 5.13 Å². The molecule has 3 heterocycles. The van der Waals surface area contributed by atoms with Gasteiger partial charge in [-0.2, -0.15) is 5.10 Å². The molecule has 1 saturated heterocycles. The summed E-state index contributed by atoms with van der Waals surface area (Å²) in [6.45, 7) is 3.81. The Labute approximate surface area is 137 Å². The summed E-state index contributed by atoms with van der Waals surface area (Å²) < 4.78 is 1.69. The van der Waals surface area contributed by atoms with E-state index in [1.165, 1.54) is 18.3 Å². The Balaban J connectivity index is 1.58. The highest BCUT2D eigenvalue weighted by molar-refractivity contribution is 7.13. The molecule has 0 unspecified atom stereocenters. The fourth-order valence-electron chi connectivity index (χ4n) is 2.49.